The van der Waals surface area contributed by atoms with Gasteiger partial charge in [0, 0.05) is 30.4 Å². The van der Waals surface area contributed by atoms with E-state index in [2.05, 4.69) is 15.0 Å². The van der Waals surface area contributed by atoms with Crippen molar-refractivity contribution >= 4 is 28.8 Å². The molecule has 0 bridgehead atoms. The molecule has 0 unspecified atom stereocenters. The lowest BCUT2D eigenvalue weighted by Crippen LogP contribution is -2.39. The van der Waals surface area contributed by atoms with Crippen LogP contribution in [0.25, 0.3) is 10.6 Å². The van der Waals surface area contributed by atoms with Gasteiger partial charge >= 0.3 is 0 Å². The summed E-state index contributed by atoms with van der Waals surface area (Å²) in [5.74, 6) is 1.31. The average Bonchev–Trinajstić information content (AvgIpc) is 3.53. The van der Waals surface area contributed by atoms with E-state index in [0.717, 1.165) is 35.5 Å². The predicted molar refractivity (Wildman–Crippen MR) is 124 cm³/mol. The van der Waals surface area contributed by atoms with Crippen molar-refractivity contribution in [1.29, 1.82) is 0 Å². The molecule has 1 atom stereocenters. The molecule has 3 aromatic heterocycles. The summed E-state index contributed by atoms with van der Waals surface area (Å²) in [6, 6.07) is 11.1. The number of pyridine rings is 1. The van der Waals surface area contributed by atoms with Crippen molar-refractivity contribution in [1.82, 2.24) is 19.9 Å². The van der Waals surface area contributed by atoms with Gasteiger partial charge in [0.05, 0.1) is 27.8 Å². The van der Waals surface area contributed by atoms with Crippen LogP contribution < -0.4 is 0 Å². The fourth-order valence-corrected chi connectivity index (χ4v) is 4.81. The number of aromatic nitrogens is 3. The summed E-state index contributed by atoms with van der Waals surface area (Å²) in [6.45, 7) is 0.662. The molecule has 4 aromatic rings. The van der Waals surface area contributed by atoms with Crippen LogP contribution in [0.1, 0.15) is 52.9 Å². The number of thiazole rings is 1. The molecule has 5 rings (SSSR count). The van der Waals surface area contributed by atoms with Gasteiger partial charge in [0.2, 0.25) is 5.89 Å². The van der Waals surface area contributed by atoms with Gasteiger partial charge in [-0.2, -0.15) is 0 Å². The Morgan fingerprint density at radius 3 is 2.84 bits per heavy atom. The second-order valence-electron chi connectivity index (χ2n) is 7.74. The molecule has 0 saturated carbocycles. The molecule has 1 fully saturated rings. The molecule has 0 N–H and O–H groups in total. The molecule has 1 aliphatic rings. The molecular weight excluding hydrogens is 444 g/mol. The lowest BCUT2D eigenvalue weighted by atomic mass is 10.00. The van der Waals surface area contributed by atoms with Crippen LogP contribution in [0.5, 0.6) is 0 Å². The van der Waals surface area contributed by atoms with Gasteiger partial charge < -0.3 is 9.32 Å². The van der Waals surface area contributed by atoms with E-state index in [4.69, 9.17) is 16.0 Å². The molecule has 0 spiro atoms. The second-order valence-corrected chi connectivity index (χ2v) is 9.07. The van der Waals surface area contributed by atoms with Crippen molar-refractivity contribution in [3.05, 3.63) is 88.3 Å². The highest BCUT2D eigenvalue weighted by atomic mass is 35.5. The molecule has 1 saturated heterocycles. The van der Waals surface area contributed by atoms with E-state index < -0.39 is 0 Å². The van der Waals surface area contributed by atoms with Crippen LogP contribution in [-0.2, 0) is 6.42 Å². The first-order valence-corrected chi connectivity index (χ1v) is 11.8. The lowest BCUT2D eigenvalue weighted by Gasteiger charge is -2.34. The topological polar surface area (TPSA) is 72.1 Å². The minimum atomic E-state index is -0.190. The van der Waals surface area contributed by atoms with Crippen LogP contribution in [0.2, 0.25) is 5.02 Å². The molecule has 6 nitrogen and oxygen atoms in total. The second kappa shape index (κ2) is 9.22. The summed E-state index contributed by atoms with van der Waals surface area (Å²) in [6.07, 6.45) is 8.64. The highest BCUT2D eigenvalue weighted by Gasteiger charge is 2.33. The standard InChI is InChI=1S/C24H21ClN4O2S/c25-17-8-6-16(7-9-17)12-18-13-28-23(31-18)20-5-1-2-11-29(20)24(30)19-4-3-10-27-22(19)21-14-26-15-32-21/h3-4,6-10,13-15,20H,1-2,5,11-12H2/t20-/m1/s1. The van der Waals surface area contributed by atoms with Gasteiger partial charge in [-0.25, -0.2) is 4.98 Å². The Kier molecular flexibility index (Phi) is 6.01. The minimum Gasteiger partial charge on any atom is -0.443 e. The largest absolute Gasteiger partial charge is 0.443 e. The Morgan fingerprint density at radius 1 is 1.16 bits per heavy atom. The number of likely N-dealkylation sites (tertiary alicyclic amines) is 1. The Labute approximate surface area is 194 Å². The molecule has 162 valence electrons. The number of oxazole rings is 1. The molecular formula is C24H21ClN4O2S. The molecule has 1 amide bonds. The summed E-state index contributed by atoms with van der Waals surface area (Å²) in [5, 5.41) is 0.705. The lowest BCUT2D eigenvalue weighted by molar-refractivity contribution is 0.0570. The van der Waals surface area contributed by atoms with E-state index in [0.29, 0.717) is 35.1 Å². The average molecular weight is 465 g/mol. The van der Waals surface area contributed by atoms with E-state index in [1.807, 2.05) is 35.2 Å². The van der Waals surface area contributed by atoms with E-state index in [1.165, 1.54) is 11.3 Å². The Morgan fingerprint density at radius 2 is 2.03 bits per heavy atom. The highest BCUT2D eigenvalue weighted by molar-refractivity contribution is 7.13. The maximum atomic E-state index is 13.6. The summed E-state index contributed by atoms with van der Waals surface area (Å²) in [7, 11) is 0. The SMILES string of the molecule is O=C(c1cccnc1-c1cncs1)N1CCCC[C@@H]1c1ncc(Cc2ccc(Cl)cc2)o1. The number of carbonyl (C=O) groups excluding carboxylic acids is 1. The maximum Gasteiger partial charge on any atom is 0.256 e. The fraction of sp³-hybridized carbons (Fsp3) is 0.250. The van der Waals surface area contributed by atoms with Crippen LogP contribution in [0.15, 0.2) is 64.9 Å². The minimum absolute atomic E-state index is 0.0522. The monoisotopic (exact) mass is 464 g/mol. The first-order valence-electron chi connectivity index (χ1n) is 10.5. The zero-order valence-electron chi connectivity index (χ0n) is 17.3. The molecule has 0 radical (unpaired) electrons. The first-order chi connectivity index (χ1) is 15.7. The quantitative estimate of drug-likeness (QED) is 0.373. The number of hydrogen-bond acceptors (Lipinski definition) is 6. The summed E-state index contributed by atoms with van der Waals surface area (Å²) in [5.41, 5.74) is 4.09. The Balaban J connectivity index is 1.40. The van der Waals surface area contributed by atoms with Gasteiger partial charge in [-0.1, -0.05) is 23.7 Å². The number of nitrogens with zero attached hydrogens (tertiary/aromatic N) is 4. The smallest absolute Gasteiger partial charge is 0.256 e. The van der Waals surface area contributed by atoms with Crippen LogP contribution in [0, 0.1) is 0 Å². The summed E-state index contributed by atoms with van der Waals surface area (Å²) < 4.78 is 6.11. The third kappa shape index (κ3) is 4.31. The zero-order chi connectivity index (χ0) is 21.9. The van der Waals surface area contributed by atoms with Crippen LogP contribution in [0.3, 0.4) is 0 Å². The van der Waals surface area contributed by atoms with Crippen molar-refractivity contribution in [2.75, 3.05) is 6.54 Å². The number of piperidine rings is 1. The first kappa shape index (κ1) is 20.8. The third-order valence-corrected chi connectivity index (χ3v) is 6.65. The predicted octanol–water partition coefficient (Wildman–Crippen LogP) is 5.80. The zero-order valence-corrected chi connectivity index (χ0v) is 18.9. The van der Waals surface area contributed by atoms with Gasteiger partial charge in [0.25, 0.3) is 5.91 Å². The van der Waals surface area contributed by atoms with E-state index >= 15 is 0 Å². The number of halogens is 1. The summed E-state index contributed by atoms with van der Waals surface area (Å²) in [4.78, 5) is 29.5. The van der Waals surface area contributed by atoms with Crippen molar-refractivity contribution in [3.8, 4) is 10.6 Å². The van der Waals surface area contributed by atoms with E-state index in [1.54, 1.807) is 30.2 Å². The van der Waals surface area contributed by atoms with Gasteiger partial charge in [0.1, 0.15) is 11.8 Å². The van der Waals surface area contributed by atoms with Gasteiger partial charge in [-0.3, -0.25) is 14.8 Å². The fourth-order valence-electron chi connectivity index (χ4n) is 4.05. The van der Waals surface area contributed by atoms with E-state index in [9.17, 15) is 4.79 Å². The number of benzene rings is 1. The van der Waals surface area contributed by atoms with Crippen molar-refractivity contribution in [2.45, 2.75) is 31.7 Å². The van der Waals surface area contributed by atoms with Gasteiger partial charge in [-0.05, 0) is 49.1 Å². The van der Waals surface area contributed by atoms with Crippen molar-refractivity contribution in [3.63, 3.8) is 0 Å². The number of rotatable bonds is 5. The van der Waals surface area contributed by atoms with Crippen molar-refractivity contribution in [2.24, 2.45) is 0 Å². The molecule has 1 aromatic carbocycles. The maximum absolute atomic E-state index is 13.6. The normalized spacial score (nSPS) is 16.3. The third-order valence-electron chi connectivity index (χ3n) is 5.62. The highest BCUT2D eigenvalue weighted by Crippen LogP contribution is 2.34. The molecule has 1 aliphatic heterocycles. The number of carbonyl (C=O) groups is 1. The van der Waals surface area contributed by atoms with Crippen LogP contribution >= 0.6 is 22.9 Å². The molecule has 0 aliphatic carbocycles. The van der Waals surface area contributed by atoms with Gasteiger partial charge in [-0.15, -0.1) is 11.3 Å². The van der Waals surface area contributed by atoms with E-state index in [-0.39, 0.29) is 11.9 Å². The Bertz CT molecular complexity index is 1210. The number of hydrogen-bond donors (Lipinski definition) is 0. The molecule has 32 heavy (non-hydrogen) atoms. The number of amides is 1. The summed E-state index contributed by atoms with van der Waals surface area (Å²) >= 11 is 7.45. The molecule has 8 heteroatoms. The van der Waals surface area contributed by atoms with Crippen LogP contribution in [-0.4, -0.2) is 32.3 Å². The van der Waals surface area contributed by atoms with Crippen LogP contribution in [0.4, 0.5) is 0 Å². The molecule has 4 heterocycles. The Hall–Kier alpha value is -3.03. The van der Waals surface area contributed by atoms with Gasteiger partial charge in [0.15, 0.2) is 0 Å². The van der Waals surface area contributed by atoms with Crippen molar-refractivity contribution < 1.29 is 9.21 Å².